The van der Waals surface area contributed by atoms with Crippen molar-refractivity contribution in [1.29, 1.82) is 0 Å². The van der Waals surface area contributed by atoms with Crippen LogP contribution in [0.25, 0.3) is 0 Å². The summed E-state index contributed by atoms with van der Waals surface area (Å²) in [6.45, 7) is 1.90. The molecule has 0 aliphatic heterocycles. The number of rotatable bonds is 3. The van der Waals surface area contributed by atoms with Crippen molar-refractivity contribution in [1.82, 2.24) is 0 Å². The van der Waals surface area contributed by atoms with Crippen LogP contribution >= 0.6 is 11.6 Å². The van der Waals surface area contributed by atoms with E-state index in [0.29, 0.717) is 10.6 Å². The number of anilines is 1. The van der Waals surface area contributed by atoms with Crippen molar-refractivity contribution in [3.63, 3.8) is 0 Å². The number of ether oxygens (including phenoxy) is 1. The van der Waals surface area contributed by atoms with Crippen LogP contribution in [0.5, 0.6) is 0 Å². The molecule has 20 heavy (non-hydrogen) atoms. The lowest BCUT2D eigenvalue weighted by Crippen LogP contribution is -2.08. The predicted octanol–water partition coefficient (Wildman–Crippen LogP) is 3.73. The normalized spacial score (nSPS) is 10.3. The Balaban J connectivity index is 2.08. The molecule has 2 aromatic carbocycles. The highest BCUT2D eigenvalue weighted by molar-refractivity contribution is 6.31. The molecule has 0 unspecified atom stereocenters. The Bertz CT molecular complexity index is 658. The zero-order valence-electron chi connectivity index (χ0n) is 10.8. The van der Waals surface area contributed by atoms with E-state index in [4.69, 9.17) is 22.1 Å². The Morgan fingerprint density at radius 3 is 2.70 bits per heavy atom. The average molecular weight is 294 g/mol. The van der Waals surface area contributed by atoms with Gasteiger partial charge in [0.2, 0.25) is 0 Å². The maximum absolute atomic E-state index is 13.6. The zero-order chi connectivity index (χ0) is 14.7. The topological polar surface area (TPSA) is 52.3 Å². The largest absolute Gasteiger partial charge is 0.457 e. The fourth-order valence-corrected chi connectivity index (χ4v) is 1.98. The molecule has 0 aliphatic rings. The summed E-state index contributed by atoms with van der Waals surface area (Å²) in [5, 5.41) is 0.510. The van der Waals surface area contributed by atoms with Gasteiger partial charge in [0, 0.05) is 16.3 Å². The van der Waals surface area contributed by atoms with E-state index in [1.54, 1.807) is 12.1 Å². The number of benzene rings is 2. The lowest BCUT2D eigenvalue weighted by atomic mass is 10.1. The van der Waals surface area contributed by atoms with E-state index in [0.717, 1.165) is 11.6 Å². The number of hydrogen-bond donors (Lipinski definition) is 1. The number of nitrogen functional groups attached to an aromatic ring is 1. The van der Waals surface area contributed by atoms with E-state index >= 15 is 0 Å². The molecule has 104 valence electrons. The van der Waals surface area contributed by atoms with Crippen LogP contribution < -0.4 is 5.73 Å². The van der Waals surface area contributed by atoms with Crippen LogP contribution in [-0.4, -0.2) is 5.97 Å². The third-order valence-electron chi connectivity index (χ3n) is 2.78. The molecular formula is C15H13ClFNO2. The number of carbonyl (C=O) groups excluding carboxylic acids is 1. The number of hydrogen-bond acceptors (Lipinski definition) is 3. The Morgan fingerprint density at radius 2 is 2.05 bits per heavy atom. The maximum Gasteiger partial charge on any atom is 0.341 e. The van der Waals surface area contributed by atoms with Gasteiger partial charge in [0.25, 0.3) is 0 Å². The average Bonchev–Trinajstić information content (AvgIpc) is 2.37. The van der Waals surface area contributed by atoms with Crippen LogP contribution in [-0.2, 0) is 11.3 Å². The van der Waals surface area contributed by atoms with Gasteiger partial charge in [0.05, 0.1) is 5.56 Å². The van der Waals surface area contributed by atoms with Gasteiger partial charge in [-0.1, -0.05) is 23.7 Å². The van der Waals surface area contributed by atoms with Crippen LogP contribution in [0, 0.1) is 12.7 Å². The van der Waals surface area contributed by atoms with Crippen molar-refractivity contribution in [2.75, 3.05) is 5.73 Å². The summed E-state index contributed by atoms with van der Waals surface area (Å²) < 4.78 is 18.6. The van der Waals surface area contributed by atoms with Gasteiger partial charge in [-0.05, 0) is 36.8 Å². The SMILES string of the molecule is Cc1ccc(COC(=O)c2ccc(N)cc2F)c(Cl)c1. The first-order valence-corrected chi connectivity index (χ1v) is 6.32. The lowest BCUT2D eigenvalue weighted by Gasteiger charge is -2.08. The number of halogens is 2. The summed E-state index contributed by atoms with van der Waals surface area (Å²) in [6, 6.07) is 9.22. The first kappa shape index (κ1) is 14.3. The summed E-state index contributed by atoms with van der Waals surface area (Å²) in [7, 11) is 0. The number of carbonyl (C=O) groups is 1. The molecular weight excluding hydrogens is 281 g/mol. The lowest BCUT2D eigenvalue weighted by molar-refractivity contribution is 0.0467. The summed E-state index contributed by atoms with van der Waals surface area (Å²) in [5.74, 6) is -1.45. The second-order valence-corrected chi connectivity index (χ2v) is 4.82. The Kier molecular flexibility index (Phi) is 4.25. The van der Waals surface area contributed by atoms with E-state index in [1.807, 2.05) is 13.0 Å². The maximum atomic E-state index is 13.6. The molecule has 0 saturated carbocycles. The molecule has 3 nitrogen and oxygen atoms in total. The molecule has 0 aliphatic carbocycles. The van der Waals surface area contributed by atoms with E-state index < -0.39 is 11.8 Å². The van der Waals surface area contributed by atoms with Gasteiger partial charge in [-0.15, -0.1) is 0 Å². The van der Waals surface area contributed by atoms with E-state index in [-0.39, 0.29) is 17.9 Å². The van der Waals surface area contributed by atoms with Gasteiger partial charge < -0.3 is 10.5 Å². The highest BCUT2D eigenvalue weighted by Crippen LogP contribution is 2.19. The Morgan fingerprint density at radius 1 is 1.30 bits per heavy atom. The van der Waals surface area contributed by atoms with Gasteiger partial charge in [-0.3, -0.25) is 0 Å². The highest BCUT2D eigenvalue weighted by atomic mass is 35.5. The van der Waals surface area contributed by atoms with Crippen molar-refractivity contribution < 1.29 is 13.9 Å². The zero-order valence-corrected chi connectivity index (χ0v) is 11.6. The van der Waals surface area contributed by atoms with Crippen molar-refractivity contribution in [3.8, 4) is 0 Å². The minimum absolute atomic E-state index is 0.0121. The van der Waals surface area contributed by atoms with Gasteiger partial charge in [0.15, 0.2) is 0 Å². The summed E-state index contributed by atoms with van der Waals surface area (Å²) >= 11 is 6.03. The quantitative estimate of drug-likeness (QED) is 0.693. The second-order valence-electron chi connectivity index (χ2n) is 4.41. The smallest absolute Gasteiger partial charge is 0.341 e. The summed E-state index contributed by atoms with van der Waals surface area (Å²) in [6.07, 6.45) is 0. The fraction of sp³-hybridized carbons (Fsp3) is 0.133. The second kappa shape index (κ2) is 5.92. The van der Waals surface area contributed by atoms with Crippen LogP contribution in [0.1, 0.15) is 21.5 Å². The van der Waals surface area contributed by atoms with Crippen LogP contribution in [0.3, 0.4) is 0 Å². The molecule has 0 atom stereocenters. The van der Waals surface area contributed by atoms with E-state index in [1.165, 1.54) is 12.1 Å². The molecule has 0 fully saturated rings. The van der Waals surface area contributed by atoms with Crippen molar-refractivity contribution in [3.05, 3.63) is 63.9 Å². The van der Waals surface area contributed by atoms with Gasteiger partial charge >= 0.3 is 5.97 Å². The van der Waals surface area contributed by atoms with Crippen molar-refractivity contribution in [2.24, 2.45) is 0 Å². The molecule has 0 aromatic heterocycles. The molecule has 2 rings (SSSR count). The third kappa shape index (κ3) is 3.27. The first-order chi connectivity index (χ1) is 9.47. The molecule has 2 aromatic rings. The molecule has 0 bridgehead atoms. The van der Waals surface area contributed by atoms with E-state index in [2.05, 4.69) is 0 Å². The monoisotopic (exact) mass is 293 g/mol. The number of esters is 1. The minimum Gasteiger partial charge on any atom is -0.457 e. The predicted molar refractivity (Wildman–Crippen MR) is 76.1 cm³/mol. The van der Waals surface area contributed by atoms with Gasteiger partial charge in [-0.2, -0.15) is 0 Å². The first-order valence-electron chi connectivity index (χ1n) is 5.94. The minimum atomic E-state index is -0.751. The number of nitrogens with two attached hydrogens (primary N) is 1. The molecule has 0 saturated heterocycles. The fourth-order valence-electron chi connectivity index (χ4n) is 1.69. The molecule has 0 amide bonds. The third-order valence-corrected chi connectivity index (χ3v) is 3.13. The summed E-state index contributed by atoms with van der Waals surface area (Å²) in [4.78, 5) is 11.8. The Labute approximate surface area is 121 Å². The van der Waals surface area contributed by atoms with E-state index in [9.17, 15) is 9.18 Å². The van der Waals surface area contributed by atoms with Gasteiger partial charge in [-0.25, -0.2) is 9.18 Å². The standard InChI is InChI=1S/C15H13ClFNO2/c1-9-2-3-10(13(16)6-9)8-20-15(19)12-5-4-11(18)7-14(12)17/h2-7H,8,18H2,1H3. The molecule has 0 radical (unpaired) electrons. The molecule has 0 heterocycles. The summed E-state index contributed by atoms with van der Waals surface area (Å²) in [5.41, 5.74) is 7.19. The van der Waals surface area contributed by atoms with Crippen LogP contribution in [0.2, 0.25) is 5.02 Å². The highest BCUT2D eigenvalue weighted by Gasteiger charge is 2.14. The van der Waals surface area contributed by atoms with Crippen molar-refractivity contribution in [2.45, 2.75) is 13.5 Å². The molecule has 0 spiro atoms. The van der Waals surface area contributed by atoms with Crippen LogP contribution in [0.15, 0.2) is 36.4 Å². The molecule has 5 heteroatoms. The number of aryl methyl sites for hydroxylation is 1. The molecule has 2 N–H and O–H groups in total. The van der Waals surface area contributed by atoms with Gasteiger partial charge in [0.1, 0.15) is 12.4 Å². The van der Waals surface area contributed by atoms with Crippen molar-refractivity contribution >= 4 is 23.3 Å². The Hall–Kier alpha value is -2.07. The van der Waals surface area contributed by atoms with Crippen LogP contribution in [0.4, 0.5) is 10.1 Å².